The Hall–Kier alpha value is -6.77. The first-order chi connectivity index (χ1) is 25.2. The molecular weight excluding hydrogens is 619 g/mol. The molecule has 2 aromatic heterocycles. The van der Waals surface area contributed by atoms with Crippen LogP contribution in [-0.4, -0.2) is 4.98 Å². The van der Waals surface area contributed by atoms with Crippen molar-refractivity contribution in [2.24, 2.45) is 0 Å². The molecule has 8 aromatic carbocycles. The van der Waals surface area contributed by atoms with Gasteiger partial charge < -0.3 is 4.42 Å². The molecule has 0 amide bonds. The van der Waals surface area contributed by atoms with Crippen LogP contribution in [0.5, 0.6) is 0 Å². The maximum atomic E-state index is 6.47. The van der Waals surface area contributed by atoms with Gasteiger partial charge in [-0.1, -0.05) is 140 Å². The Morgan fingerprint density at radius 3 is 1.45 bits per heavy atom. The zero-order chi connectivity index (χ0) is 33.7. The Balaban J connectivity index is 1.08. The van der Waals surface area contributed by atoms with Crippen LogP contribution < -0.4 is 0 Å². The summed E-state index contributed by atoms with van der Waals surface area (Å²) in [7, 11) is 0. The normalized spacial score (nSPS) is 11.5. The van der Waals surface area contributed by atoms with Gasteiger partial charge in [0, 0.05) is 21.9 Å². The van der Waals surface area contributed by atoms with E-state index in [4.69, 9.17) is 9.40 Å². The van der Waals surface area contributed by atoms with Crippen molar-refractivity contribution in [3.8, 4) is 55.9 Å². The SMILES string of the molecule is c1ccc(-c2cc(-c3cccc4oc5ccc(-c6ccc7cc(-c8ccc9ccccc9c8)ccc7c6)cc5c34)cc(-c3ccccc3)n2)cc1. The molecule has 0 aliphatic heterocycles. The topological polar surface area (TPSA) is 26.0 Å². The van der Waals surface area contributed by atoms with Gasteiger partial charge in [-0.15, -0.1) is 0 Å². The lowest BCUT2D eigenvalue weighted by molar-refractivity contribution is 0.669. The summed E-state index contributed by atoms with van der Waals surface area (Å²) in [6, 6.07) is 66.9. The lowest BCUT2D eigenvalue weighted by Crippen LogP contribution is -1.91. The van der Waals surface area contributed by atoms with Gasteiger partial charge in [0.1, 0.15) is 11.2 Å². The molecule has 0 aliphatic carbocycles. The highest BCUT2D eigenvalue weighted by Gasteiger charge is 2.16. The first kappa shape index (κ1) is 29.2. The molecule has 10 rings (SSSR count). The van der Waals surface area contributed by atoms with Crippen molar-refractivity contribution in [3.63, 3.8) is 0 Å². The number of hydrogen-bond acceptors (Lipinski definition) is 2. The number of furan rings is 1. The second kappa shape index (κ2) is 12.0. The fourth-order valence-electron chi connectivity index (χ4n) is 7.42. The Morgan fingerprint density at radius 1 is 0.314 bits per heavy atom. The quantitative estimate of drug-likeness (QED) is 0.185. The van der Waals surface area contributed by atoms with Gasteiger partial charge in [0.05, 0.1) is 11.4 Å². The molecule has 0 radical (unpaired) electrons. The van der Waals surface area contributed by atoms with Crippen LogP contribution in [0, 0.1) is 0 Å². The van der Waals surface area contributed by atoms with E-state index in [1.165, 1.54) is 38.2 Å². The van der Waals surface area contributed by atoms with Gasteiger partial charge in [-0.3, -0.25) is 0 Å². The fourth-order valence-corrected chi connectivity index (χ4v) is 7.42. The third-order valence-electron chi connectivity index (χ3n) is 10.0. The number of nitrogens with zero attached hydrogens (tertiary/aromatic N) is 1. The number of pyridine rings is 1. The van der Waals surface area contributed by atoms with Gasteiger partial charge >= 0.3 is 0 Å². The molecule has 51 heavy (non-hydrogen) atoms. The Bertz CT molecular complexity index is 2850. The fraction of sp³-hybridized carbons (Fsp3) is 0. The summed E-state index contributed by atoms with van der Waals surface area (Å²) < 4.78 is 6.47. The molecule has 0 aliphatic rings. The van der Waals surface area contributed by atoms with Crippen molar-refractivity contribution in [2.75, 3.05) is 0 Å². The summed E-state index contributed by atoms with van der Waals surface area (Å²) in [6.07, 6.45) is 0. The molecule has 0 N–H and O–H groups in total. The second-order valence-corrected chi connectivity index (χ2v) is 13.2. The first-order valence-electron chi connectivity index (χ1n) is 17.4. The van der Waals surface area contributed by atoms with Crippen molar-refractivity contribution in [1.82, 2.24) is 4.98 Å². The summed E-state index contributed by atoms with van der Waals surface area (Å²) in [5.41, 5.74) is 12.8. The van der Waals surface area contributed by atoms with Crippen LogP contribution >= 0.6 is 0 Å². The number of benzene rings is 8. The van der Waals surface area contributed by atoms with E-state index < -0.39 is 0 Å². The number of hydrogen-bond donors (Lipinski definition) is 0. The highest BCUT2D eigenvalue weighted by atomic mass is 16.3. The average molecular weight is 650 g/mol. The molecule has 238 valence electrons. The third kappa shape index (κ3) is 5.26. The summed E-state index contributed by atoms with van der Waals surface area (Å²) >= 11 is 0. The average Bonchev–Trinajstić information content (AvgIpc) is 3.59. The van der Waals surface area contributed by atoms with E-state index in [0.29, 0.717) is 0 Å². The van der Waals surface area contributed by atoms with Crippen LogP contribution in [0.25, 0.3) is 99.4 Å². The van der Waals surface area contributed by atoms with E-state index in [2.05, 4.69) is 176 Å². The van der Waals surface area contributed by atoms with Crippen LogP contribution in [0.3, 0.4) is 0 Å². The lowest BCUT2D eigenvalue weighted by Gasteiger charge is -2.11. The first-order valence-corrected chi connectivity index (χ1v) is 17.4. The summed E-state index contributed by atoms with van der Waals surface area (Å²) in [6.45, 7) is 0. The van der Waals surface area contributed by atoms with E-state index >= 15 is 0 Å². The Kier molecular flexibility index (Phi) is 6.85. The van der Waals surface area contributed by atoms with Crippen LogP contribution in [-0.2, 0) is 0 Å². The zero-order valence-electron chi connectivity index (χ0n) is 27.8. The van der Waals surface area contributed by atoms with E-state index in [1.54, 1.807) is 0 Å². The van der Waals surface area contributed by atoms with Crippen molar-refractivity contribution < 1.29 is 4.42 Å². The van der Waals surface area contributed by atoms with Gasteiger partial charge in [-0.2, -0.15) is 0 Å². The van der Waals surface area contributed by atoms with Crippen molar-refractivity contribution in [2.45, 2.75) is 0 Å². The molecule has 0 unspecified atom stereocenters. The maximum Gasteiger partial charge on any atom is 0.136 e. The largest absolute Gasteiger partial charge is 0.456 e. The van der Waals surface area contributed by atoms with Crippen LogP contribution in [0.4, 0.5) is 0 Å². The minimum atomic E-state index is 0.874. The molecule has 10 aromatic rings. The highest BCUT2D eigenvalue weighted by molar-refractivity contribution is 6.13. The number of rotatable bonds is 5. The van der Waals surface area contributed by atoms with Crippen molar-refractivity contribution >= 4 is 43.5 Å². The second-order valence-electron chi connectivity index (χ2n) is 13.2. The van der Waals surface area contributed by atoms with E-state index in [0.717, 1.165) is 61.1 Å². The van der Waals surface area contributed by atoms with E-state index in [1.807, 2.05) is 12.1 Å². The Labute approximate surface area is 295 Å². The van der Waals surface area contributed by atoms with E-state index in [-0.39, 0.29) is 0 Å². The molecule has 0 bridgehead atoms. The number of fused-ring (bicyclic) bond motifs is 5. The van der Waals surface area contributed by atoms with Gasteiger partial charge in [-0.25, -0.2) is 4.98 Å². The Morgan fingerprint density at radius 2 is 0.824 bits per heavy atom. The molecule has 2 heterocycles. The van der Waals surface area contributed by atoms with Gasteiger partial charge in [0.25, 0.3) is 0 Å². The van der Waals surface area contributed by atoms with Crippen molar-refractivity contribution in [3.05, 3.63) is 188 Å². The lowest BCUT2D eigenvalue weighted by atomic mass is 9.94. The molecule has 0 fully saturated rings. The molecule has 0 spiro atoms. The monoisotopic (exact) mass is 649 g/mol. The molecule has 0 atom stereocenters. The highest BCUT2D eigenvalue weighted by Crippen LogP contribution is 2.41. The molecular formula is C49H31NO. The maximum absolute atomic E-state index is 6.47. The predicted molar refractivity (Wildman–Crippen MR) is 214 cm³/mol. The molecule has 2 nitrogen and oxygen atoms in total. The van der Waals surface area contributed by atoms with E-state index in [9.17, 15) is 0 Å². The molecule has 0 saturated heterocycles. The van der Waals surface area contributed by atoms with Crippen LogP contribution in [0.15, 0.2) is 192 Å². The predicted octanol–water partition coefficient (Wildman–Crippen LogP) is 13.6. The smallest absolute Gasteiger partial charge is 0.136 e. The van der Waals surface area contributed by atoms with Gasteiger partial charge in [-0.05, 0) is 103 Å². The van der Waals surface area contributed by atoms with Crippen LogP contribution in [0.1, 0.15) is 0 Å². The minimum Gasteiger partial charge on any atom is -0.456 e. The molecule has 0 saturated carbocycles. The third-order valence-corrected chi connectivity index (χ3v) is 10.0. The summed E-state index contributed by atoms with van der Waals surface area (Å²) in [4.78, 5) is 5.12. The standard InChI is InChI=1S/C49H31NO/c1-3-11-33(12-4-1)45-30-42(31-46(50-45)34-13-5-2-6-14-34)43-16-9-17-48-49(43)44-29-41(24-25-47(44)51-48)40-23-22-38-27-37(20-21-39(38)28-40)36-19-18-32-10-7-8-15-35(32)26-36/h1-31H. The van der Waals surface area contributed by atoms with Crippen LogP contribution in [0.2, 0.25) is 0 Å². The number of aromatic nitrogens is 1. The minimum absolute atomic E-state index is 0.874. The van der Waals surface area contributed by atoms with Crippen molar-refractivity contribution in [1.29, 1.82) is 0 Å². The summed E-state index contributed by atoms with van der Waals surface area (Å²) in [5.74, 6) is 0. The summed E-state index contributed by atoms with van der Waals surface area (Å²) in [5, 5.41) is 7.17. The molecule has 2 heteroatoms. The van der Waals surface area contributed by atoms with Gasteiger partial charge in [0.15, 0.2) is 0 Å². The zero-order valence-corrected chi connectivity index (χ0v) is 27.8. The van der Waals surface area contributed by atoms with Gasteiger partial charge in [0.2, 0.25) is 0 Å².